The van der Waals surface area contributed by atoms with Crippen molar-refractivity contribution in [1.82, 2.24) is 0 Å². The van der Waals surface area contributed by atoms with Gasteiger partial charge in [0, 0.05) is 8.06 Å². The van der Waals surface area contributed by atoms with Crippen LogP contribution >= 0.6 is 38.5 Å². The van der Waals surface area contributed by atoms with Crippen molar-refractivity contribution < 1.29 is 9.53 Å². The van der Waals surface area contributed by atoms with Gasteiger partial charge in [0.25, 0.3) is 0 Å². The molecule has 0 spiro atoms. The Bertz CT molecular complexity index is 648. The van der Waals surface area contributed by atoms with E-state index >= 15 is 0 Å². The molecule has 0 heterocycles. The maximum Gasteiger partial charge on any atom is 0.343 e. The number of ether oxygens (including phenoxy) is 1. The lowest BCUT2D eigenvalue weighted by Gasteiger charge is -2.06. The number of carbonyl (C=O) groups excluding carboxylic acids is 1. The predicted octanol–water partition coefficient (Wildman–Crippen LogP) is 5.81. The summed E-state index contributed by atoms with van der Waals surface area (Å²) in [6.07, 6.45) is 0.978. The first-order valence-electron chi connectivity index (χ1n) is 6.53. The molecule has 0 fully saturated rings. The lowest BCUT2D eigenvalue weighted by molar-refractivity contribution is 0.0735. The zero-order valence-corrected chi connectivity index (χ0v) is 15.2. The van der Waals surface area contributed by atoms with Crippen molar-refractivity contribution in [3.05, 3.63) is 69.3 Å². The average Bonchev–Trinajstić information content (AvgIpc) is 2.55. The summed E-state index contributed by atoms with van der Waals surface area (Å²) in [5, 5.41) is 0. The van der Waals surface area contributed by atoms with E-state index in [0.29, 0.717) is 11.3 Å². The van der Waals surface area contributed by atoms with Gasteiger partial charge in [-0.3, -0.25) is 0 Å². The van der Waals surface area contributed by atoms with Crippen LogP contribution in [0.4, 0.5) is 0 Å². The number of benzene rings is 2. The Kier molecular flexibility index (Phi) is 5.99. The smallest absolute Gasteiger partial charge is 0.343 e. The Labute approximate surface area is 146 Å². The maximum absolute atomic E-state index is 11.9. The van der Waals surface area contributed by atoms with Gasteiger partial charge >= 0.3 is 5.97 Å². The fraction of sp³-hybridized carbons (Fsp3) is 0.118. The quantitative estimate of drug-likeness (QED) is 0.329. The van der Waals surface area contributed by atoms with Crippen LogP contribution in [0.25, 0.3) is 4.48 Å². The highest BCUT2D eigenvalue weighted by Crippen LogP contribution is 2.31. The highest BCUT2D eigenvalue weighted by Gasteiger charge is 2.08. The number of hydrogen-bond acceptors (Lipinski definition) is 2. The van der Waals surface area contributed by atoms with Crippen molar-refractivity contribution in [2.45, 2.75) is 13.3 Å². The molecule has 0 saturated carbocycles. The standard InChI is InChI=1S/C17H14BrIO2/c1-2-15(19)16(18)12-8-10-14(11-9-12)21-17(20)13-6-4-3-5-7-13/h3-11H,2H2,1H3/b16-15+. The summed E-state index contributed by atoms with van der Waals surface area (Å²) < 4.78 is 7.68. The van der Waals surface area contributed by atoms with Crippen LogP contribution in [0.15, 0.2) is 58.2 Å². The molecule has 0 aliphatic carbocycles. The van der Waals surface area contributed by atoms with Crippen LogP contribution in [-0.4, -0.2) is 5.97 Å². The topological polar surface area (TPSA) is 26.3 Å². The molecule has 0 N–H and O–H groups in total. The molecule has 0 radical (unpaired) electrons. The number of carbonyl (C=O) groups is 1. The molecule has 0 bridgehead atoms. The largest absolute Gasteiger partial charge is 0.423 e. The molecular weight excluding hydrogens is 443 g/mol. The van der Waals surface area contributed by atoms with Gasteiger partial charge in [0.1, 0.15) is 5.75 Å². The molecular formula is C17H14BrIO2. The summed E-state index contributed by atoms with van der Waals surface area (Å²) in [5.41, 5.74) is 1.61. The molecule has 2 aromatic carbocycles. The van der Waals surface area contributed by atoms with Gasteiger partial charge in [0.05, 0.1) is 5.56 Å². The number of esters is 1. The molecule has 0 amide bonds. The minimum Gasteiger partial charge on any atom is -0.423 e. The number of hydrogen-bond donors (Lipinski definition) is 0. The Morgan fingerprint density at radius 3 is 2.24 bits per heavy atom. The lowest BCUT2D eigenvalue weighted by atomic mass is 10.2. The molecule has 0 aliphatic heterocycles. The third kappa shape index (κ3) is 4.41. The second-order valence-electron chi connectivity index (χ2n) is 4.35. The molecule has 108 valence electrons. The maximum atomic E-state index is 11.9. The SMILES string of the molecule is CC/C(I)=C(\Br)c1ccc(OC(=O)c2ccccc2)cc1. The van der Waals surface area contributed by atoms with Gasteiger partial charge in [0.15, 0.2) is 0 Å². The van der Waals surface area contributed by atoms with Gasteiger partial charge in [-0.1, -0.05) is 37.3 Å². The predicted molar refractivity (Wildman–Crippen MR) is 98.0 cm³/mol. The van der Waals surface area contributed by atoms with Crippen LogP contribution in [0, 0.1) is 0 Å². The van der Waals surface area contributed by atoms with Gasteiger partial charge in [0.2, 0.25) is 0 Å². The Hall–Kier alpha value is -1.14. The van der Waals surface area contributed by atoms with E-state index in [2.05, 4.69) is 45.4 Å². The summed E-state index contributed by atoms with van der Waals surface area (Å²) in [6, 6.07) is 16.4. The molecule has 0 unspecified atom stereocenters. The molecule has 2 aromatic rings. The van der Waals surface area contributed by atoms with Crippen molar-refractivity contribution in [1.29, 1.82) is 0 Å². The van der Waals surface area contributed by atoms with Crippen molar-refractivity contribution >= 4 is 49.0 Å². The van der Waals surface area contributed by atoms with E-state index in [0.717, 1.165) is 16.5 Å². The van der Waals surface area contributed by atoms with Gasteiger partial charge in [-0.15, -0.1) is 0 Å². The summed E-state index contributed by atoms with van der Waals surface area (Å²) in [5.74, 6) is 0.195. The summed E-state index contributed by atoms with van der Waals surface area (Å²) in [4.78, 5) is 11.9. The van der Waals surface area contributed by atoms with Crippen molar-refractivity contribution in [2.24, 2.45) is 0 Å². The zero-order chi connectivity index (χ0) is 15.2. The molecule has 0 aliphatic rings. The van der Waals surface area contributed by atoms with Crippen LogP contribution in [-0.2, 0) is 0 Å². The van der Waals surface area contributed by atoms with E-state index in [9.17, 15) is 4.79 Å². The fourth-order valence-corrected chi connectivity index (χ4v) is 2.58. The molecule has 0 aromatic heterocycles. The molecule has 21 heavy (non-hydrogen) atoms. The van der Waals surface area contributed by atoms with Crippen LogP contribution in [0.3, 0.4) is 0 Å². The molecule has 2 nitrogen and oxygen atoms in total. The minimum absolute atomic E-state index is 0.346. The Morgan fingerprint density at radius 2 is 1.67 bits per heavy atom. The molecule has 0 saturated heterocycles. The zero-order valence-electron chi connectivity index (χ0n) is 11.5. The van der Waals surface area contributed by atoms with E-state index < -0.39 is 0 Å². The van der Waals surface area contributed by atoms with Crippen LogP contribution in [0.5, 0.6) is 5.75 Å². The first-order valence-corrected chi connectivity index (χ1v) is 8.40. The summed E-state index contributed by atoms with van der Waals surface area (Å²) in [6.45, 7) is 2.11. The molecule has 2 rings (SSSR count). The first kappa shape index (κ1) is 16.2. The first-order chi connectivity index (χ1) is 10.1. The number of halogens is 2. The highest BCUT2D eigenvalue weighted by molar-refractivity contribution is 14.1. The van der Waals surface area contributed by atoms with E-state index in [1.54, 1.807) is 24.3 Å². The monoisotopic (exact) mass is 456 g/mol. The van der Waals surface area contributed by atoms with Gasteiger partial charge in [-0.25, -0.2) is 4.79 Å². The lowest BCUT2D eigenvalue weighted by Crippen LogP contribution is -2.07. The van der Waals surface area contributed by atoms with E-state index in [4.69, 9.17) is 4.74 Å². The minimum atomic E-state index is -0.346. The summed E-state index contributed by atoms with van der Waals surface area (Å²) in [7, 11) is 0. The molecule has 4 heteroatoms. The second-order valence-corrected chi connectivity index (χ2v) is 6.45. The van der Waals surface area contributed by atoms with Crippen LogP contribution < -0.4 is 4.74 Å². The van der Waals surface area contributed by atoms with E-state index in [1.807, 2.05) is 30.3 Å². The van der Waals surface area contributed by atoms with Crippen molar-refractivity contribution in [3.8, 4) is 5.75 Å². The van der Waals surface area contributed by atoms with E-state index in [1.165, 1.54) is 3.58 Å². The Morgan fingerprint density at radius 1 is 1.05 bits per heavy atom. The van der Waals surface area contributed by atoms with Gasteiger partial charge < -0.3 is 4.74 Å². The van der Waals surface area contributed by atoms with E-state index in [-0.39, 0.29) is 5.97 Å². The van der Waals surface area contributed by atoms with Crippen LogP contribution in [0.2, 0.25) is 0 Å². The van der Waals surface area contributed by atoms with Crippen molar-refractivity contribution in [2.75, 3.05) is 0 Å². The van der Waals surface area contributed by atoms with Gasteiger partial charge in [-0.2, -0.15) is 0 Å². The number of allylic oxidation sites excluding steroid dienone is 1. The Balaban J connectivity index is 2.12. The third-order valence-electron chi connectivity index (χ3n) is 2.88. The molecule has 0 atom stereocenters. The average molecular weight is 457 g/mol. The summed E-state index contributed by atoms with van der Waals surface area (Å²) >= 11 is 5.91. The second kappa shape index (κ2) is 7.75. The van der Waals surface area contributed by atoms with Crippen LogP contribution in [0.1, 0.15) is 29.3 Å². The van der Waals surface area contributed by atoms with Gasteiger partial charge in [-0.05, 0) is 74.8 Å². The third-order valence-corrected chi connectivity index (χ3v) is 5.86. The highest BCUT2D eigenvalue weighted by atomic mass is 127. The normalized spacial score (nSPS) is 11.8. The number of rotatable bonds is 4. The fourth-order valence-electron chi connectivity index (χ4n) is 1.72. The van der Waals surface area contributed by atoms with Crippen molar-refractivity contribution in [3.63, 3.8) is 0 Å².